The van der Waals surface area contributed by atoms with Gasteiger partial charge < -0.3 is 14.6 Å². The zero-order chi connectivity index (χ0) is 22.8. The van der Waals surface area contributed by atoms with Crippen LogP contribution in [0.5, 0.6) is 5.75 Å². The van der Waals surface area contributed by atoms with Crippen molar-refractivity contribution >= 4 is 23.8 Å². The predicted molar refractivity (Wildman–Crippen MR) is 129 cm³/mol. The molecule has 3 heterocycles. The van der Waals surface area contributed by atoms with Gasteiger partial charge in [0.2, 0.25) is 5.91 Å². The molecule has 0 bridgehead atoms. The normalized spacial score (nSPS) is 12.9. The molecule has 168 valence electrons. The minimum absolute atomic E-state index is 0.0478. The molecule has 33 heavy (non-hydrogen) atoms. The monoisotopic (exact) mass is 460 g/mol. The Bertz CT molecular complexity index is 1310. The van der Waals surface area contributed by atoms with E-state index in [0.717, 1.165) is 41.4 Å². The summed E-state index contributed by atoms with van der Waals surface area (Å²) in [4.78, 5) is 17.5. The summed E-state index contributed by atoms with van der Waals surface area (Å²) >= 11 is 5.34. The fourth-order valence-corrected chi connectivity index (χ4v) is 4.24. The van der Waals surface area contributed by atoms with Crippen LogP contribution < -0.4 is 10.1 Å². The fourth-order valence-electron chi connectivity index (χ4n) is 4.04. The molecule has 5 rings (SSSR count). The first-order valence-electron chi connectivity index (χ1n) is 10.9. The number of H-pyrrole nitrogens is 1. The summed E-state index contributed by atoms with van der Waals surface area (Å²) in [5, 5.41) is 10.0. The van der Waals surface area contributed by atoms with E-state index in [1.165, 1.54) is 12.8 Å². The molecular formula is C24H24N6O2S. The summed E-state index contributed by atoms with van der Waals surface area (Å²) in [5.41, 5.74) is 3.56. The highest BCUT2D eigenvalue weighted by Gasteiger charge is 2.15. The molecule has 4 aromatic rings. The highest BCUT2D eigenvalue weighted by atomic mass is 32.1. The number of fused-ring (bicyclic) bond motifs is 1. The SMILES string of the molecule is COc1ccc(-c2n[nH]c(=S)n2CC(=O)Nc2ccc(-c3cn4c(n3)CCCC4)cc2)cc1. The molecule has 0 spiro atoms. The van der Waals surface area contributed by atoms with E-state index in [1.54, 1.807) is 11.7 Å². The molecule has 2 aromatic carbocycles. The number of aromatic amines is 1. The average Bonchev–Trinajstić information content (AvgIpc) is 3.43. The Labute approximate surface area is 196 Å². The zero-order valence-corrected chi connectivity index (χ0v) is 19.1. The van der Waals surface area contributed by atoms with E-state index in [1.807, 2.05) is 48.5 Å². The van der Waals surface area contributed by atoms with Gasteiger partial charge in [0, 0.05) is 36.0 Å². The van der Waals surface area contributed by atoms with Crippen molar-refractivity contribution in [1.29, 1.82) is 0 Å². The number of aromatic nitrogens is 5. The lowest BCUT2D eigenvalue weighted by Crippen LogP contribution is -2.19. The van der Waals surface area contributed by atoms with Crippen molar-refractivity contribution in [3.63, 3.8) is 0 Å². The molecule has 1 amide bonds. The van der Waals surface area contributed by atoms with Gasteiger partial charge in [-0.2, -0.15) is 5.10 Å². The number of nitrogens with zero attached hydrogens (tertiary/aromatic N) is 4. The minimum atomic E-state index is -0.188. The van der Waals surface area contributed by atoms with E-state index in [9.17, 15) is 4.79 Å². The van der Waals surface area contributed by atoms with Crippen molar-refractivity contribution in [3.8, 4) is 28.4 Å². The highest BCUT2D eigenvalue weighted by molar-refractivity contribution is 7.71. The van der Waals surface area contributed by atoms with Crippen molar-refractivity contribution in [2.24, 2.45) is 0 Å². The molecule has 0 aliphatic carbocycles. The Morgan fingerprint density at radius 3 is 2.61 bits per heavy atom. The summed E-state index contributed by atoms with van der Waals surface area (Å²) < 4.78 is 9.51. The molecule has 2 aromatic heterocycles. The summed E-state index contributed by atoms with van der Waals surface area (Å²) in [6.07, 6.45) is 5.55. The zero-order valence-electron chi connectivity index (χ0n) is 18.2. The minimum Gasteiger partial charge on any atom is -0.497 e. The number of amides is 1. The van der Waals surface area contributed by atoms with E-state index in [4.69, 9.17) is 21.9 Å². The van der Waals surface area contributed by atoms with Crippen molar-refractivity contribution in [2.75, 3.05) is 12.4 Å². The number of hydrogen-bond donors (Lipinski definition) is 2. The van der Waals surface area contributed by atoms with Crippen LogP contribution in [0.1, 0.15) is 18.7 Å². The van der Waals surface area contributed by atoms with Crippen LogP contribution in [-0.2, 0) is 24.3 Å². The molecule has 1 aliphatic heterocycles. The molecule has 0 atom stereocenters. The number of benzene rings is 2. The molecule has 0 fully saturated rings. The number of methoxy groups -OCH3 is 1. The molecule has 2 N–H and O–H groups in total. The van der Waals surface area contributed by atoms with Crippen LogP contribution in [-0.4, -0.2) is 37.3 Å². The van der Waals surface area contributed by atoms with Crippen LogP contribution in [0.3, 0.4) is 0 Å². The van der Waals surface area contributed by atoms with Gasteiger partial charge in [0.25, 0.3) is 0 Å². The number of ether oxygens (including phenoxy) is 1. The molecule has 0 unspecified atom stereocenters. The number of carbonyl (C=O) groups is 1. The highest BCUT2D eigenvalue weighted by Crippen LogP contribution is 2.24. The second kappa shape index (κ2) is 9.03. The summed E-state index contributed by atoms with van der Waals surface area (Å²) in [7, 11) is 1.62. The Morgan fingerprint density at radius 1 is 1.12 bits per heavy atom. The maximum Gasteiger partial charge on any atom is 0.244 e. The number of aryl methyl sites for hydroxylation is 2. The first kappa shape index (κ1) is 21.1. The van der Waals surface area contributed by atoms with Gasteiger partial charge in [0.15, 0.2) is 10.6 Å². The third-order valence-corrected chi connectivity index (χ3v) is 6.09. The molecule has 0 radical (unpaired) electrons. The predicted octanol–water partition coefficient (Wildman–Crippen LogP) is 4.45. The van der Waals surface area contributed by atoms with Crippen molar-refractivity contribution in [2.45, 2.75) is 32.4 Å². The molecule has 1 aliphatic rings. The van der Waals surface area contributed by atoms with E-state index in [-0.39, 0.29) is 12.5 Å². The standard InChI is InChI=1S/C24H24N6O2S/c1-32-19-11-7-17(8-12-19)23-27-28-24(33)30(23)15-22(31)25-18-9-5-16(6-10-18)20-14-29-13-3-2-4-21(29)26-20/h5-12,14H,2-4,13,15H2,1H3,(H,25,31)(H,28,33). The van der Waals surface area contributed by atoms with Crippen molar-refractivity contribution < 1.29 is 9.53 Å². The van der Waals surface area contributed by atoms with Gasteiger partial charge in [-0.25, -0.2) is 4.98 Å². The van der Waals surface area contributed by atoms with Crippen LogP contribution in [0.15, 0.2) is 54.7 Å². The second-order valence-corrected chi connectivity index (χ2v) is 8.37. The van der Waals surface area contributed by atoms with Crippen LogP contribution in [0, 0.1) is 4.77 Å². The van der Waals surface area contributed by atoms with Crippen molar-refractivity contribution in [3.05, 3.63) is 65.3 Å². The first-order valence-corrected chi connectivity index (χ1v) is 11.3. The first-order chi connectivity index (χ1) is 16.1. The van der Waals surface area contributed by atoms with Crippen LogP contribution >= 0.6 is 12.2 Å². The largest absolute Gasteiger partial charge is 0.497 e. The van der Waals surface area contributed by atoms with Crippen LogP contribution in [0.4, 0.5) is 5.69 Å². The Kier molecular flexibility index (Phi) is 5.78. The summed E-state index contributed by atoms with van der Waals surface area (Å²) in [6.45, 7) is 1.08. The lowest BCUT2D eigenvalue weighted by molar-refractivity contribution is -0.116. The lowest BCUT2D eigenvalue weighted by Gasteiger charge is -2.11. The van der Waals surface area contributed by atoms with E-state index in [0.29, 0.717) is 16.3 Å². The number of hydrogen-bond acceptors (Lipinski definition) is 5. The van der Waals surface area contributed by atoms with Gasteiger partial charge in [-0.3, -0.25) is 14.5 Å². The van der Waals surface area contributed by atoms with Crippen molar-refractivity contribution in [1.82, 2.24) is 24.3 Å². The third-order valence-electron chi connectivity index (χ3n) is 5.78. The van der Waals surface area contributed by atoms with Crippen LogP contribution in [0.25, 0.3) is 22.6 Å². The quantitative estimate of drug-likeness (QED) is 0.415. The molecule has 8 nitrogen and oxygen atoms in total. The van der Waals surface area contributed by atoms with E-state index >= 15 is 0 Å². The third kappa shape index (κ3) is 4.45. The fraction of sp³-hybridized carbons (Fsp3) is 0.250. The Hall–Kier alpha value is -3.72. The van der Waals surface area contributed by atoms with E-state index in [2.05, 4.69) is 26.3 Å². The number of rotatable bonds is 6. The van der Waals surface area contributed by atoms with Crippen LogP contribution in [0.2, 0.25) is 0 Å². The maximum absolute atomic E-state index is 12.7. The number of carbonyl (C=O) groups excluding carboxylic acids is 1. The number of nitrogens with one attached hydrogen (secondary N) is 2. The smallest absolute Gasteiger partial charge is 0.244 e. The van der Waals surface area contributed by atoms with Gasteiger partial charge in [-0.1, -0.05) is 12.1 Å². The number of imidazole rings is 1. The molecule has 0 saturated carbocycles. The van der Waals surface area contributed by atoms with Gasteiger partial charge >= 0.3 is 0 Å². The van der Waals surface area contributed by atoms with Gasteiger partial charge in [0.1, 0.15) is 18.1 Å². The van der Waals surface area contributed by atoms with Gasteiger partial charge in [0.05, 0.1) is 12.8 Å². The average molecular weight is 461 g/mol. The lowest BCUT2D eigenvalue weighted by atomic mass is 10.1. The molecular weight excluding hydrogens is 436 g/mol. The van der Waals surface area contributed by atoms with Gasteiger partial charge in [-0.15, -0.1) is 0 Å². The summed E-state index contributed by atoms with van der Waals surface area (Å²) in [5.74, 6) is 2.30. The van der Waals surface area contributed by atoms with E-state index < -0.39 is 0 Å². The Morgan fingerprint density at radius 2 is 1.88 bits per heavy atom. The second-order valence-electron chi connectivity index (χ2n) is 7.99. The molecule has 9 heteroatoms. The Balaban J connectivity index is 1.28. The molecule has 0 saturated heterocycles. The summed E-state index contributed by atoms with van der Waals surface area (Å²) in [6, 6.07) is 15.2. The van der Waals surface area contributed by atoms with Gasteiger partial charge in [-0.05, 0) is 61.5 Å². The number of anilines is 1. The maximum atomic E-state index is 12.7. The topological polar surface area (TPSA) is 89.8 Å².